The van der Waals surface area contributed by atoms with E-state index in [2.05, 4.69) is 4.99 Å². The Balaban J connectivity index is 3.71. The van der Waals surface area contributed by atoms with Crippen molar-refractivity contribution in [2.45, 2.75) is 18.9 Å². The molecule has 0 aromatic heterocycles. The molecule has 0 aliphatic heterocycles. The molecule has 1 atom stereocenters. The quantitative estimate of drug-likeness (QED) is 0.168. The van der Waals surface area contributed by atoms with Crippen molar-refractivity contribution in [2.75, 3.05) is 6.54 Å². The molecule has 5 N–H and O–H groups in total. The van der Waals surface area contributed by atoms with Gasteiger partial charge in [0.15, 0.2) is 0 Å². The van der Waals surface area contributed by atoms with Gasteiger partial charge in [-0.15, -0.1) is 4.99 Å². The highest BCUT2D eigenvalue weighted by Crippen LogP contribution is 1.95. The fourth-order valence-electron chi connectivity index (χ4n) is 0.686. The summed E-state index contributed by atoms with van der Waals surface area (Å²) in [6.07, 6.45) is 0.561. The first-order valence-electron chi connectivity index (χ1n) is 3.88. The Labute approximate surface area is 79.7 Å². The molecule has 14 heavy (non-hydrogen) atoms. The number of hydrogen-bond donors (Lipinski definition) is 3. The molecule has 0 amide bonds. The van der Waals surface area contributed by atoms with Gasteiger partial charge in [-0.05, 0) is 17.8 Å². The lowest BCUT2D eigenvalue weighted by atomic mass is 10.2. The first-order chi connectivity index (χ1) is 6.45. The Kier molecular flexibility index (Phi) is 5.15. The molecule has 0 fully saturated rings. The minimum absolute atomic E-state index is 0.105. The van der Waals surface area contributed by atoms with Crippen LogP contribution in [0.3, 0.4) is 0 Å². The number of hydrogen-bond acceptors (Lipinski definition) is 5. The van der Waals surface area contributed by atoms with Crippen LogP contribution >= 0.6 is 0 Å². The summed E-state index contributed by atoms with van der Waals surface area (Å²) in [5.41, 5.74) is 10.1. The van der Waals surface area contributed by atoms with Gasteiger partial charge in [0.05, 0.1) is 0 Å². The van der Waals surface area contributed by atoms with E-state index in [4.69, 9.17) is 16.6 Å². The second-order valence-electron chi connectivity index (χ2n) is 2.58. The number of nitro groups is 1. The predicted molar refractivity (Wildman–Crippen MR) is 48.3 cm³/mol. The van der Waals surface area contributed by atoms with Crippen molar-refractivity contribution >= 4 is 11.9 Å². The highest BCUT2D eigenvalue weighted by Gasteiger charge is 2.10. The average Bonchev–Trinajstić information content (AvgIpc) is 2.11. The number of aliphatic carboxylic acids is 1. The van der Waals surface area contributed by atoms with Crippen LogP contribution in [0, 0.1) is 10.1 Å². The molecule has 0 aliphatic carbocycles. The smallest absolute Gasteiger partial charge is 0.420 e. The van der Waals surface area contributed by atoms with Crippen LogP contribution in [0.5, 0.6) is 0 Å². The van der Waals surface area contributed by atoms with Gasteiger partial charge in [0.2, 0.25) is 0 Å². The Bertz CT molecular complexity index is 252. The SMILES string of the molecule is NC(=NCCCC(N)C(=O)O)[N+](=O)[O-]. The van der Waals surface area contributed by atoms with Crippen LogP contribution in [-0.4, -0.2) is 34.5 Å². The topological polar surface area (TPSA) is 145 Å². The summed E-state index contributed by atoms with van der Waals surface area (Å²) in [4.78, 5) is 22.8. The van der Waals surface area contributed by atoms with Crippen LogP contribution in [0.25, 0.3) is 0 Å². The Morgan fingerprint density at radius 1 is 1.64 bits per heavy atom. The van der Waals surface area contributed by atoms with E-state index in [1.807, 2.05) is 0 Å². The van der Waals surface area contributed by atoms with E-state index >= 15 is 0 Å². The van der Waals surface area contributed by atoms with Crippen molar-refractivity contribution in [1.29, 1.82) is 0 Å². The molecule has 8 heteroatoms. The third-order valence-corrected chi connectivity index (χ3v) is 1.45. The summed E-state index contributed by atoms with van der Waals surface area (Å²) in [5.74, 6) is -1.77. The molecule has 1 unspecified atom stereocenters. The van der Waals surface area contributed by atoms with Crippen LogP contribution in [0.4, 0.5) is 0 Å². The van der Waals surface area contributed by atoms with Crippen LogP contribution in [0.2, 0.25) is 0 Å². The number of carboxylic acids is 1. The maximum Gasteiger partial charge on any atom is 0.420 e. The van der Waals surface area contributed by atoms with Gasteiger partial charge < -0.3 is 21.0 Å². The van der Waals surface area contributed by atoms with Gasteiger partial charge in [-0.25, -0.2) is 0 Å². The number of guanidine groups is 1. The number of carbonyl (C=O) groups is 1. The van der Waals surface area contributed by atoms with Crippen LogP contribution in [-0.2, 0) is 4.79 Å². The largest absolute Gasteiger partial charge is 0.480 e. The van der Waals surface area contributed by atoms with Gasteiger partial charge in [0.25, 0.3) is 0 Å². The molecule has 0 radical (unpaired) electrons. The van der Waals surface area contributed by atoms with Crippen molar-refractivity contribution in [3.8, 4) is 0 Å². The van der Waals surface area contributed by atoms with Gasteiger partial charge in [-0.2, -0.15) is 0 Å². The second kappa shape index (κ2) is 5.86. The standard InChI is InChI=1S/C6H12N4O4/c7-4(5(11)12)2-1-3-9-6(8)10(13)14/h4H,1-3,7H2,(H2,8,9)(H,11,12). The Morgan fingerprint density at radius 3 is 2.64 bits per heavy atom. The number of carboxylic acid groups (broad SMARTS) is 1. The molecule has 0 heterocycles. The fraction of sp³-hybridized carbons (Fsp3) is 0.667. The molecule has 0 bridgehead atoms. The van der Waals surface area contributed by atoms with Crippen LogP contribution < -0.4 is 11.5 Å². The average molecular weight is 204 g/mol. The molecule has 0 spiro atoms. The van der Waals surface area contributed by atoms with Gasteiger partial charge in [0.1, 0.15) is 12.6 Å². The van der Waals surface area contributed by atoms with Crippen molar-refractivity contribution in [3.05, 3.63) is 10.1 Å². The Morgan fingerprint density at radius 2 is 2.21 bits per heavy atom. The number of nitrogens with zero attached hydrogens (tertiary/aromatic N) is 2. The van der Waals surface area contributed by atoms with E-state index in [0.29, 0.717) is 6.42 Å². The summed E-state index contributed by atoms with van der Waals surface area (Å²) in [6, 6.07) is -0.956. The summed E-state index contributed by atoms with van der Waals surface area (Å²) in [5, 5.41) is 18.4. The lowest BCUT2D eigenvalue weighted by Crippen LogP contribution is -2.30. The molecule has 0 aliphatic rings. The molecule has 8 nitrogen and oxygen atoms in total. The van der Waals surface area contributed by atoms with E-state index in [1.54, 1.807) is 0 Å². The van der Waals surface area contributed by atoms with E-state index in [-0.39, 0.29) is 13.0 Å². The molecule has 0 rings (SSSR count). The number of nitrogens with two attached hydrogens (primary N) is 2. The molecular weight excluding hydrogens is 192 g/mol. The number of rotatable bonds is 5. The lowest BCUT2D eigenvalue weighted by Gasteiger charge is -2.02. The Hall–Kier alpha value is -1.70. The summed E-state index contributed by atoms with van der Waals surface area (Å²) in [6.45, 7) is 0.105. The zero-order valence-electron chi connectivity index (χ0n) is 7.42. The van der Waals surface area contributed by atoms with E-state index < -0.39 is 22.9 Å². The summed E-state index contributed by atoms with van der Waals surface area (Å²) >= 11 is 0. The van der Waals surface area contributed by atoms with E-state index in [9.17, 15) is 14.9 Å². The third kappa shape index (κ3) is 5.04. The molecule has 0 aromatic rings. The normalized spacial score (nSPS) is 13.6. The monoisotopic (exact) mass is 204 g/mol. The van der Waals surface area contributed by atoms with Crippen LogP contribution in [0.15, 0.2) is 4.99 Å². The highest BCUT2D eigenvalue weighted by molar-refractivity contribution is 5.73. The molecule has 0 aromatic carbocycles. The predicted octanol–water partition coefficient (Wildman–Crippen LogP) is -1.23. The van der Waals surface area contributed by atoms with Crippen LogP contribution in [0.1, 0.15) is 12.8 Å². The highest BCUT2D eigenvalue weighted by atomic mass is 16.6. The third-order valence-electron chi connectivity index (χ3n) is 1.45. The second-order valence-corrected chi connectivity index (χ2v) is 2.58. The van der Waals surface area contributed by atoms with Crippen molar-refractivity contribution in [2.24, 2.45) is 16.5 Å². The number of aliphatic imine (C=N–C) groups is 1. The first kappa shape index (κ1) is 12.3. The van der Waals surface area contributed by atoms with Gasteiger partial charge in [0, 0.05) is 0 Å². The maximum absolute atomic E-state index is 10.2. The van der Waals surface area contributed by atoms with E-state index in [1.165, 1.54) is 0 Å². The van der Waals surface area contributed by atoms with E-state index in [0.717, 1.165) is 0 Å². The van der Waals surface area contributed by atoms with Crippen molar-refractivity contribution in [3.63, 3.8) is 0 Å². The van der Waals surface area contributed by atoms with Gasteiger partial charge in [-0.1, -0.05) is 0 Å². The molecule has 0 saturated heterocycles. The van der Waals surface area contributed by atoms with Crippen molar-refractivity contribution < 1.29 is 14.8 Å². The molecule has 80 valence electrons. The molecule has 0 saturated carbocycles. The zero-order valence-corrected chi connectivity index (χ0v) is 7.42. The summed E-state index contributed by atoms with van der Waals surface area (Å²) < 4.78 is 0. The minimum atomic E-state index is -1.10. The first-order valence-corrected chi connectivity index (χ1v) is 3.88. The van der Waals surface area contributed by atoms with Crippen molar-refractivity contribution in [1.82, 2.24) is 0 Å². The van der Waals surface area contributed by atoms with Gasteiger partial charge in [-0.3, -0.25) is 10.5 Å². The van der Waals surface area contributed by atoms with Gasteiger partial charge >= 0.3 is 11.9 Å². The molecular formula is C6H12N4O4. The fourth-order valence-corrected chi connectivity index (χ4v) is 0.686. The summed E-state index contributed by atoms with van der Waals surface area (Å²) in [7, 11) is 0. The maximum atomic E-state index is 10.2. The zero-order chi connectivity index (χ0) is 11.1. The lowest BCUT2D eigenvalue weighted by molar-refractivity contribution is -0.352. The minimum Gasteiger partial charge on any atom is -0.480 e.